The van der Waals surface area contributed by atoms with Crippen molar-refractivity contribution in [1.82, 2.24) is 0 Å². The van der Waals surface area contributed by atoms with Gasteiger partial charge in [-0.2, -0.15) is 0 Å². The number of ketones is 1. The summed E-state index contributed by atoms with van der Waals surface area (Å²) in [4.78, 5) is 10.5. The van der Waals surface area contributed by atoms with Crippen LogP contribution in [0.1, 0.15) is 13.8 Å². The summed E-state index contributed by atoms with van der Waals surface area (Å²) in [6.45, 7) is 6.86. The van der Waals surface area contributed by atoms with Gasteiger partial charge in [-0.3, -0.25) is 4.79 Å². The van der Waals surface area contributed by atoms with Gasteiger partial charge in [-0.05, 0) is 25.5 Å². The van der Waals surface area contributed by atoms with E-state index in [1.54, 1.807) is 6.92 Å². The van der Waals surface area contributed by atoms with E-state index in [-0.39, 0.29) is 5.78 Å². The van der Waals surface area contributed by atoms with E-state index in [4.69, 9.17) is 4.74 Å². The average Bonchev–Trinajstić information content (AvgIpc) is 1.85. The van der Waals surface area contributed by atoms with Gasteiger partial charge in [0, 0.05) is 0 Å². The molecule has 0 radical (unpaired) electrons. The van der Waals surface area contributed by atoms with Crippen LogP contribution < -0.4 is 0 Å². The molecule has 0 heterocycles. The van der Waals surface area contributed by atoms with Crippen LogP contribution in [0.15, 0.2) is 24.0 Å². The monoisotopic (exact) mass is 140 g/mol. The highest BCUT2D eigenvalue weighted by Gasteiger charge is 1.95. The van der Waals surface area contributed by atoms with E-state index >= 15 is 0 Å². The quantitative estimate of drug-likeness (QED) is 0.338. The van der Waals surface area contributed by atoms with Crippen molar-refractivity contribution in [2.24, 2.45) is 0 Å². The highest BCUT2D eigenvalue weighted by Crippen LogP contribution is 2.05. The Labute approximate surface area is 61.2 Å². The Morgan fingerprint density at radius 1 is 1.50 bits per heavy atom. The van der Waals surface area contributed by atoms with Crippen LogP contribution in [-0.2, 0) is 9.53 Å². The van der Waals surface area contributed by atoms with Gasteiger partial charge in [0.15, 0.2) is 5.78 Å². The number of ether oxygens (including phenoxy) is 1. The van der Waals surface area contributed by atoms with E-state index in [2.05, 4.69) is 6.58 Å². The highest BCUT2D eigenvalue weighted by atomic mass is 16.5. The molecular weight excluding hydrogens is 128 g/mol. The van der Waals surface area contributed by atoms with Gasteiger partial charge in [-0.25, -0.2) is 0 Å². The predicted molar refractivity (Wildman–Crippen MR) is 40.6 cm³/mol. The fraction of sp³-hybridized carbons (Fsp3) is 0.375. The van der Waals surface area contributed by atoms with Crippen molar-refractivity contribution in [2.45, 2.75) is 13.8 Å². The van der Waals surface area contributed by atoms with Gasteiger partial charge in [0.1, 0.15) is 5.76 Å². The summed E-state index contributed by atoms with van der Waals surface area (Å²) in [6.07, 6.45) is 1.49. The lowest BCUT2D eigenvalue weighted by Gasteiger charge is -2.01. The zero-order valence-electron chi connectivity index (χ0n) is 6.60. The maximum atomic E-state index is 10.5. The third-order valence-electron chi connectivity index (χ3n) is 1.11. The summed E-state index contributed by atoms with van der Waals surface area (Å²) in [5, 5.41) is 0. The third kappa shape index (κ3) is 3.07. The summed E-state index contributed by atoms with van der Waals surface area (Å²) in [5.41, 5.74) is 0.773. The first kappa shape index (κ1) is 8.95. The lowest BCUT2D eigenvalue weighted by Crippen LogP contribution is -1.90. The van der Waals surface area contributed by atoms with Gasteiger partial charge in [-0.1, -0.05) is 6.58 Å². The molecule has 2 nitrogen and oxygen atoms in total. The molecule has 0 amide bonds. The first-order chi connectivity index (χ1) is 4.57. The fourth-order valence-electron chi connectivity index (χ4n) is 0.546. The molecule has 0 unspecified atom stereocenters. The number of hydrogen-bond donors (Lipinski definition) is 0. The van der Waals surface area contributed by atoms with Gasteiger partial charge < -0.3 is 4.74 Å². The zero-order valence-corrected chi connectivity index (χ0v) is 6.60. The van der Waals surface area contributed by atoms with Crippen molar-refractivity contribution in [1.29, 1.82) is 0 Å². The van der Waals surface area contributed by atoms with Crippen molar-refractivity contribution in [3.05, 3.63) is 24.0 Å². The van der Waals surface area contributed by atoms with E-state index in [0.29, 0.717) is 5.76 Å². The van der Waals surface area contributed by atoms with Crippen LogP contribution in [-0.4, -0.2) is 12.9 Å². The largest absolute Gasteiger partial charge is 0.497 e. The number of allylic oxidation sites excluding steroid dienone is 2. The molecule has 0 bridgehead atoms. The Bertz CT molecular complexity index is 178. The van der Waals surface area contributed by atoms with Gasteiger partial charge in [0.25, 0.3) is 0 Å². The molecule has 0 aliphatic heterocycles. The molecular formula is C8H12O2. The molecule has 2 heteroatoms. The van der Waals surface area contributed by atoms with Crippen LogP contribution >= 0.6 is 0 Å². The molecule has 0 aliphatic rings. The van der Waals surface area contributed by atoms with Gasteiger partial charge in [0.2, 0.25) is 0 Å². The number of hydrogen-bond acceptors (Lipinski definition) is 2. The van der Waals surface area contributed by atoms with Gasteiger partial charge in [-0.15, -0.1) is 0 Å². The smallest absolute Gasteiger partial charge is 0.153 e. The molecule has 0 aromatic heterocycles. The van der Waals surface area contributed by atoms with Crippen molar-refractivity contribution < 1.29 is 9.53 Å². The van der Waals surface area contributed by atoms with Crippen molar-refractivity contribution in [2.75, 3.05) is 7.11 Å². The molecule has 0 aromatic rings. The van der Waals surface area contributed by atoms with Crippen LogP contribution in [0.4, 0.5) is 0 Å². The Hall–Kier alpha value is -1.05. The summed E-state index contributed by atoms with van der Waals surface area (Å²) in [5.74, 6) is 0.547. The summed E-state index contributed by atoms with van der Waals surface area (Å²) in [6, 6.07) is 0. The SMILES string of the molecule is C=C(OC)C(C)=CC(C)=O. The second kappa shape index (κ2) is 3.88. The molecule has 0 saturated carbocycles. The number of rotatable bonds is 3. The topological polar surface area (TPSA) is 26.3 Å². The Morgan fingerprint density at radius 3 is 2.30 bits per heavy atom. The first-order valence-corrected chi connectivity index (χ1v) is 3.00. The minimum Gasteiger partial charge on any atom is -0.497 e. The van der Waals surface area contributed by atoms with Crippen LogP contribution in [0, 0.1) is 0 Å². The molecule has 0 aliphatic carbocycles. The molecule has 0 aromatic carbocycles. The lowest BCUT2D eigenvalue weighted by atomic mass is 10.2. The molecule has 0 spiro atoms. The summed E-state index contributed by atoms with van der Waals surface area (Å²) < 4.78 is 4.80. The zero-order chi connectivity index (χ0) is 8.15. The lowest BCUT2D eigenvalue weighted by molar-refractivity contribution is -0.112. The maximum Gasteiger partial charge on any atom is 0.153 e. The molecule has 0 N–H and O–H groups in total. The van der Waals surface area contributed by atoms with Gasteiger partial charge >= 0.3 is 0 Å². The minimum atomic E-state index is 0.00991. The Kier molecular flexibility index (Phi) is 3.47. The van der Waals surface area contributed by atoms with E-state index < -0.39 is 0 Å². The standard InChI is InChI=1S/C8H12O2/c1-6(5-7(2)9)8(3)10-4/h5H,3H2,1-2,4H3. The number of carbonyl (C=O) groups is 1. The molecule has 0 rings (SSSR count). The maximum absolute atomic E-state index is 10.5. The van der Waals surface area contributed by atoms with E-state index in [9.17, 15) is 4.79 Å². The minimum absolute atomic E-state index is 0.00991. The predicted octanol–water partition coefficient (Wildman–Crippen LogP) is 1.68. The molecule has 10 heavy (non-hydrogen) atoms. The third-order valence-corrected chi connectivity index (χ3v) is 1.11. The van der Waals surface area contributed by atoms with Crippen molar-refractivity contribution in [3.8, 4) is 0 Å². The summed E-state index contributed by atoms with van der Waals surface area (Å²) in [7, 11) is 1.53. The van der Waals surface area contributed by atoms with Crippen LogP contribution in [0.5, 0.6) is 0 Å². The number of methoxy groups -OCH3 is 1. The van der Waals surface area contributed by atoms with Crippen LogP contribution in [0.25, 0.3) is 0 Å². The molecule has 0 fully saturated rings. The van der Waals surface area contributed by atoms with Crippen molar-refractivity contribution in [3.63, 3.8) is 0 Å². The van der Waals surface area contributed by atoms with Crippen LogP contribution in [0.3, 0.4) is 0 Å². The van der Waals surface area contributed by atoms with Crippen LogP contribution in [0.2, 0.25) is 0 Å². The molecule has 0 saturated heterocycles. The fourth-order valence-corrected chi connectivity index (χ4v) is 0.546. The first-order valence-electron chi connectivity index (χ1n) is 3.00. The normalized spacial score (nSPS) is 10.9. The highest BCUT2D eigenvalue weighted by molar-refractivity contribution is 5.88. The Morgan fingerprint density at radius 2 is 2.00 bits per heavy atom. The summed E-state index contributed by atoms with van der Waals surface area (Å²) >= 11 is 0. The van der Waals surface area contributed by atoms with E-state index in [0.717, 1.165) is 5.57 Å². The molecule has 56 valence electrons. The average molecular weight is 140 g/mol. The molecule has 0 atom stereocenters. The second-order valence-electron chi connectivity index (χ2n) is 2.07. The second-order valence-corrected chi connectivity index (χ2v) is 2.07. The Balaban J connectivity index is 4.19. The number of carbonyl (C=O) groups excluding carboxylic acids is 1. The van der Waals surface area contributed by atoms with Crippen molar-refractivity contribution >= 4 is 5.78 Å². The van der Waals surface area contributed by atoms with E-state index in [1.165, 1.54) is 20.1 Å². The van der Waals surface area contributed by atoms with E-state index in [1.807, 2.05) is 0 Å². The van der Waals surface area contributed by atoms with Gasteiger partial charge in [0.05, 0.1) is 7.11 Å².